The number of carbonyl (C=O) groups is 2. The number of amides is 2. The Hall–Kier alpha value is -2.62. The number of nitrogens with zero attached hydrogens (tertiary/aromatic N) is 2. The maximum absolute atomic E-state index is 12.3. The van der Waals surface area contributed by atoms with Crippen molar-refractivity contribution in [2.75, 3.05) is 31.6 Å². The first-order chi connectivity index (χ1) is 13.7. The van der Waals surface area contributed by atoms with Gasteiger partial charge < -0.3 is 20.9 Å². The van der Waals surface area contributed by atoms with E-state index in [0.29, 0.717) is 37.6 Å². The summed E-state index contributed by atoms with van der Waals surface area (Å²) in [6.45, 7) is 1.59. The Morgan fingerprint density at radius 2 is 1.66 bits per heavy atom. The molecule has 0 saturated carbocycles. The Bertz CT molecular complexity index is 829. The van der Waals surface area contributed by atoms with Gasteiger partial charge in [-0.2, -0.15) is 0 Å². The Morgan fingerprint density at radius 1 is 1.03 bits per heavy atom. The first-order valence-corrected chi connectivity index (χ1v) is 9.33. The van der Waals surface area contributed by atoms with Crippen molar-refractivity contribution in [3.63, 3.8) is 0 Å². The second-order valence-corrected chi connectivity index (χ2v) is 6.51. The molecule has 3 rings (SSSR count). The summed E-state index contributed by atoms with van der Waals surface area (Å²) in [4.78, 5) is 30.3. The van der Waals surface area contributed by atoms with Gasteiger partial charge in [0.1, 0.15) is 0 Å². The fraction of sp³-hybridized carbons (Fsp3) is 0.286. The number of guanidine groups is 1. The molecule has 7 nitrogen and oxygen atoms in total. The summed E-state index contributed by atoms with van der Waals surface area (Å²) >= 11 is 0. The minimum Gasteiger partial charge on any atom is -0.355 e. The zero-order valence-electron chi connectivity index (χ0n) is 16.3. The van der Waals surface area contributed by atoms with Crippen LogP contribution in [0.4, 0.5) is 5.69 Å². The average molecular weight is 507 g/mol. The SMILES string of the molecule is CN=C(NCCNC(=O)c1ccccc1)NC1CC(=O)N(c2ccccc2)C1.I. The van der Waals surface area contributed by atoms with E-state index < -0.39 is 0 Å². The Labute approximate surface area is 188 Å². The van der Waals surface area contributed by atoms with Crippen LogP contribution in [-0.4, -0.2) is 50.5 Å². The molecule has 0 bridgehead atoms. The van der Waals surface area contributed by atoms with E-state index in [9.17, 15) is 9.59 Å². The number of hydrogen-bond acceptors (Lipinski definition) is 3. The van der Waals surface area contributed by atoms with E-state index in [1.54, 1.807) is 24.1 Å². The molecule has 0 spiro atoms. The fourth-order valence-electron chi connectivity index (χ4n) is 3.10. The summed E-state index contributed by atoms with van der Waals surface area (Å²) in [5, 5.41) is 9.31. The third-order valence-electron chi connectivity index (χ3n) is 4.50. The molecule has 1 heterocycles. The van der Waals surface area contributed by atoms with Gasteiger partial charge in [0.25, 0.3) is 5.91 Å². The van der Waals surface area contributed by atoms with Crippen LogP contribution in [0.25, 0.3) is 0 Å². The predicted molar refractivity (Wildman–Crippen MR) is 126 cm³/mol. The van der Waals surface area contributed by atoms with Crippen molar-refractivity contribution in [3.05, 3.63) is 66.2 Å². The summed E-state index contributed by atoms with van der Waals surface area (Å²) in [7, 11) is 1.68. The molecule has 1 saturated heterocycles. The van der Waals surface area contributed by atoms with Gasteiger partial charge in [0.15, 0.2) is 5.96 Å². The van der Waals surface area contributed by atoms with Gasteiger partial charge in [-0.3, -0.25) is 14.6 Å². The number of benzene rings is 2. The molecular formula is C21H26IN5O2. The molecule has 1 atom stereocenters. The third-order valence-corrected chi connectivity index (χ3v) is 4.50. The van der Waals surface area contributed by atoms with Gasteiger partial charge >= 0.3 is 0 Å². The minimum absolute atomic E-state index is 0. The van der Waals surface area contributed by atoms with Crippen LogP contribution < -0.4 is 20.9 Å². The second-order valence-electron chi connectivity index (χ2n) is 6.51. The standard InChI is InChI=1S/C21H25N5O2.HI/c1-22-21(24-13-12-23-20(28)16-8-4-2-5-9-16)25-17-14-19(27)26(15-17)18-10-6-3-7-11-18;/h2-11,17H,12-15H2,1H3,(H,23,28)(H2,22,24,25);1H. The van der Waals surface area contributed by atoms with Crippen LogP contribution in [0.15, 0.2) is 65.7 Å². The lowest BCUT2D eigenvalue weighted by Gasteiger charge is -2.19. The van der Waals surface area contributed by atoms with Crippen LogP contribution >= 0.6 is 24.0 Å². The molecule has 2 amide bonds. The molecule has 2 aromatic rings. The number of anilines is 1. The average Bonchev–Trinajstić information content (AvgIpc) is 3.11. The number of aliphatic imine (C=N–C) groups is 1. The lowest BCUT2D eigenvalue weighted by molar-refractivity contribution is -0.117. The van der Waals surface area contributed by atoms with Crippen molar-refractivity contribution >= 4 is 47.4 Å². The van der Waals surface area contributed by atoms with E-state index in [1.807, 2.05) is 48.5 Å². The van der Waals surface area contributed by atoms with Gasteiger partial charge in [-0.25, -0.2) is 0 Å². The Kier molecular flexibility index (Phi) is 8.91. The summed E-state index contributed by atoms with van der Waals surface area (Å²) < 4.78 is 0. The van der Waals surface area contributed by atoms with Gasteiger partial charge in [0.2, 0.25) is 5.91 Å². The van der Waals surface area contributed by atoms with Gasteiger partial charge in [0, 0.05) is 44.4 Å². The number of para-hydroxylation sites is 1. The molecule has 1 aliphatic rings. The summed E-state index contributed by atoms with van der Waals surface area (Å²) in [5.74, 6) is 0.598. The van der Waals surface area contributed by atoms with Gasteiger partial charge in [0.05, 0.1) is 6.04 Å². The van der Waals surface area contributed by atoms with E-state index in [0.717, 1.165) is 5.69 Å². The van der Waals surface area contributed by atoms with E-state index in [2.05, 4.69) is 20.9 Å². The molecule has 154 valence electrons. The molecule has 1 aliphatic heterocycles. The molecule has 0 aliphatic carbocycles. The maximum atomic E-state index is 12.3. The molecule has 8 heteroatoms. The maximum Gasteiger partial charge on any atom is 0.251 e. The quantitative estimate of drug-likeness (QED) is 0.242. The first-order valence-electron chi connectivity index (χ1n) is 9.33. The highest BCUT2D eigenvalue weighted by atomic mass is 127. The molecule has 0 aromatic heterocycles. The number of rotatable bonds is 6. The molecular weight excluding hydrogens is 481 g/mol. The molecule has 1 fully saturated rings. The van der Waals surface area contributed by atoms with Crippen LogP contribution in [0.3, 0.4) is 0 Å². The van der Waals surface area contributed by atoms with Crippen molar-refractivity contribution in [2.24, 2.45) is 4.99 Å². The van der Waals surface area contributed by atoms with Crippen LogP contribution in [0.1, 0.15) is 16.8 Å². The number of nitrogens with one attached hydrogen (secondary N) is 3. The lowest BCUT2D eigenvalue weighted by atomic mass is 10.2. The van der Waals surface area contributed by atoms with Crippen LogP contribution in [0.2, 0.25) is 0 Å². The summed E-state index contributed by atoms with van der Waals surface area (Å²) in [6.07, 6.45) is 0.417. The van der Waals surface area contributed by atoms with Crippen molar-refractivity contribution in [3.8, 4) is 0 Å². The van der Waals surface area contributed by atoms with Crippen LogP contribution in [0.5, 0.6) is 0 Å². The van der Waals surface area contributed by atoms with E-state index in [1.165, 1.54) is 0 Å². The second kappa shape index (κ2) is 11.4. The largest absolute Gasteiger partial charge is 0.355 e. The topological polar surface area (TPSA) is 85.8 Å². The lowest BCUT2D eigenvalue weighted by Crippen LogP contribution is -2.46. The van der Waals surface area contributed by atoms with Crippen molar-refractivity contribution in [2.45, 2.75) is 12.5 Å². The fourth-order valence-corrected chi connectivity index (χ4v) is 3.10. The number of halogens is 1. The highest BCUT2D eigenvalue weighted by Crippen LogP contribution is 2.20. The molecule has 0 radical (unpaired) electrons. The number of carbonyl (C=O) groups excluding carboxylic acids is 2. The molecule has 29 heavy (non-hydrogen) atoms. The Balaban J connectivity index is 0.00000300. The van der Waals surface area contributed by atoms with Crippen molar-refractivity contribution < 1.29 is 9.59 Å². The minimum atomic E-state index is -0.106. The molecule has 3 N–H and O–H groups in total. The molecule has 2 aromatic carbocycles. The van der Waals surface area contributed by atoms with Crippen LogP contribution in [0, 0.1) is 0 Å². The Morgan fingerprint density at radius 3 is 2.31 bits per heavy atom. The van der Waals surface area contributed by atoms with Crippen molar-refractivity contribution in [1.29, 1.82) is 0 Å². The highest BCUT2D eigenvalue weighted by Gasteiger charge is 2.30. The summed E-state index contributed by atoms with van der Waals surface area (Å²) in [6, 6.07) is 18.7. The van der Waals surface area contributed by atoms with E-state index >= 15 is 0 Å². The zero-order valence-corrected chi connectivity index (χ0v) is 18.6. The van der Waals surface area contributed by atoms with Gasteiger partial charge in [-0.15, -0.1) is 24.0 Å². The van der Waals surface area contributed by atoms with Gasteiger partial charge in [-0.05, 0) is 24.3 Å². The highest BCUT2D eigenvalue weighted by molar-refractivity contribution is 14.0. The predicted octanol–water partition coefficient (Wildman–Crippen LogP) is 2.00. The third kappa shape index (κ3) is 6.45. The van der Waals surface area contributed by atoms with Crippen LogP contribution in [-0.2, 0) is 4.79 Å². The van der Waals surface area contributed by atoms with Crippen molar-refractivity contribution in [1.82, 2.24) is 16.0 Å². The smallest absolute Gasteiger partial charge is 0.251 e. The monoisotopic (exact) mass is 507 g/mol. The van der Waals surface area contributed by atoms with E-state index in [4.69, 9.17) is 0 Å². The first kappa shape index (κ1) is 22.7. The number of hydrogen-bond donors (Lipinski definition) is 3. The summed E-state index contributed by atoms with van der Waals surface area (Å²) in [5.41, 5.74) is 1.54. The molecule has 1 unspecified atom stereocenters. The van der Waals surface area contributed by atoms with Gasteiger partial charge in [-0.1, -0.05) is 36.4 Å². The van der Waals surface area contributed by atoms with E-state index in [-0.39, 0.29) is 41.8 Å². The normalized spacial score (nSPS) is 16.2. The zero-order chi connectivity index (χ0) is 19.8.